The summed E-state index contributed by atoms with van der Waals surface area (Å²) in [5.41, 5.74) is 2.04. The number of ether oxygens (including phenoxy) is 2. The van der Waals surface area contributed by atoms with Crippen LogP contribution in [0.3, 0.4) is 0 Å². The van der Waals surface area contributed by atoms with Gasteiger partial charge in [-0.3, -0.25) is 19.6 Å². The maximum absolute atomic E-state index is 13.2. The Kier molecular flexibility index (Phi) is 8.92. The Balaban J connectivity index is 1.80. The van der Waals surface area contributed by atoms with E-state index in [-0.39, 0.29) is 13.2 Å². The maximum atomic E-state index is 13.2. The van der Waals surface area contributed by atoms with Crippen molar-refractivity contribution in [2.75, 3.05) is 0 Å². The van der Waals surface area contributed by atoms with Gasteiger partial charge in [0, 0.05) is 12.4 Å². The number of aromatic nitrogens is 2. The van der Waals surface area contributed by atoms with Crippen LogP contribution in [0.15, 0.2) is 79.1 Å². The molecule has 0 saturated heterocycles. The van der Waals surface area contributed by atoms with E-state index in [0.29, 0.717) is 17.8 Å². The fourth-order valence-electron chi connectivity index (χ4n) is 3.49. The van der Waals surface area contributed by atoms with Crippen LogP contribution in [-0.2, 0) is 32.3 Å². The molecular weight excluding hydrogens is 404 g/mol. The lowest BCUT2D eigenvalue weighted by molar-refractivity contribution is -0.159. The van der Waals surface area contributed by atoms with E-state index in [2.05, 4.69) is 9.97 Å². The van der Waals surface area contributed by atoms with Crippen molar-refractivity contribution in [2.24, 2.45) is 5.92 Å². The van der Waals surface area contributed by atoms with Crippen molar-refractivity contribution in [3.8, 4) is 0 Å². The molecule has 0 spiro atoms. The van der Waals surface area contributed by atoms with Gasteiger partial charge in [-0.2, -0.15) is 0 Å². The second-order valence-corrected chi connectivity index (χ2v) is 7.49. The van der Waals surface area contributed by atoms with Crippen LogP contribution in [0, 0.1) is 5.92 Å². The molecule has 2 heterocycles. The molecule has 2 unspecified atom stereocenters. The van der Waals surface area contributed by atoms with Crippen molar-refractivity contribution in [2.45, 2.75) is 45.3 Å². The molecule has 0 aliphatic heterocycles. The molecule has 32 heavy (non-hydrogen) atoms. The summed E-state index contributed by atoms with van der Waals surface area (Å²) < 4.78 is 11.2. The molecule has 2 atom stereocenters. The predicted molar refractivity (Wildman–Crippen MR) is 120 cm³/mol. The van der Waals surface area contributed by atoms with Crippen molar-refractivity contribution >= 4 is 11.9 Å². The van der Waals surface area contributed by atoms with Gasteiger partial charge in [0.15, 0.2) is 0 Å². The van der Waals surface area contributed by atoms with Crippen LogP contribution < -0.4 is 0 Å². The van der Waals surface area contributed by atoms with Gasteiger partial charge < -0.3 is 9.47 Å². The van der Waals surface area contributed by atoms with Gasteiger partial charge in [0.1, 0.15) is 13.2 Å². The molecule has 3 aromatic rings. The lowest BCUT2D eigenvalue weighted by Gasteiger charge is -2.25. The third kappa shape index (κ3) is 6.74. The van der Waals surface area contributed by atoms with Gasteiger partial charge in [-0.25, -0.2) is 0 Å². The summed E-state index contributed by atoms with van der Waals surface area (Å²) in [6.07, 6.45) is 5.51. The fourth-order valence-corrected chi connectivity index (χ4v) is 3.49. The first-order valence-corrected chi connectivity index (χ1v) is 10.9. The van der Waals surface area contributed by atoms with Crippen LogP contribution in [0.1, 0.15) is 49.1 Å². The van der Waals surface area contributed by atoms with Crippen LogP contribution in [0.4, 0.5) is 0 Å². The number of pyridine rings is 2. The normalized spacial score (nSPS) is 12.5. The second kappa shape index (κ2) is 12.3. The van der Waals surface area contributed by atoms with Crippen LogP contribution in [-0.4, -0.2) is 21.9 Å². The Morgan fingerprint density at radius 1 is 0.781 bits per heavy atom. The molecule has 0 aliphatic rings. The number of carbonyl (C=O) groups excluding carboxylic acids is 2. The van der Waals surface area contributed by atoms with Crippen molar-refractivity contribution in [1.82, 2.24) is 9.97 Å². The standard InChI is InChI=1S/C26H28N2O4/c1-2-3-15-23(25(29)31-18-21-13-7-9-16-27-21)24(20-11-5-4-6-12-20)26(30)32-19-22-14-8-10-17-28-22/h4-14,16-17,23-24H,2-3,15,18-19H2,1H3. The molecule has 0 bridgehead atoms. The molecule has 2 aromatic heterocycles. The highest BCUT2D eigenvalue weighted by Crippen LogP contribution is 2.32. The number of hydrogen-bond acceptors (Lipinski definition) is 6. The number of benzene rings is 1. The van der Waals surface area contributed by atoms with E-state index < -0.39 is 23.8 Å². The van der Waals surface area contributed by atoms with Crippen LogP contribution >= 0.6 is 0 Å². The van der Waals surface area contributed by atoms with E-state index in [1.165, 1.54) is 0 Å². The van der Waals surface area contributed by atoms with Crippen molar-refractivity contribution in [1.29, 1.82) is 0 Å². The fraction of sp³-hybridized carbons (Fsp3) is 0.308. The number of hydrogen-bond donors (Lipinski definition) is 0. The van der Waals surface area contributed by atoms with Gasteiger partial charge in [-0.05, 0) is 36.2 Å². The Labute approximate surface area is 188 Å². The smallest absolute Gasteiger partial charge is 0.314 e. The molecule has 0 saturated carbocycles. The summed E-state index contributed by atoms with van der Waals surface area (Å²) in [7, 11) is 0. The molecule has 6 nitrogen and oxygen atoms in total. The van der Waals surface area contributed by atoms with Gasteiger partial charge >= 0.3 is 11.9 Å². The number of esters is 2. The number of nitrogens with zero attached hydrogens (tertiary/aromatic N) is 2. The van der Waals surface area contributed by atoms with E-state index in [4.69, 9.17) is 9.47 Å². The average molecular weight is 433 g/mol. The monoisotopic (exact) mass is 432 g/mol. The lowest BCUT2D eigenvalue weighted by atomic mass is 9.82. The first-order chi connectivity index (χ1) is 15.7. The Morgan fingerprint density at radius 3 is 1.88 bits per heavy atom. The third-order valence-electron chi connectivity index (χ3n) is 5.16. The first kappa shape index (κ1) is 23.1. The van der Waals surface area contributed by atoms with Crippen LogP contribution in [0.5, 0.6) is 0 Å². The second-order valence-electron chi connectivity index (χ2n) is 7.49. The van der Waals surface area contributed by atoms with Crippen LogP contribution in [0.2, 0.25) is 0 Å². The highest BCUT2D eigenvalue weighted by Gasteiger charge is 2.37. The minimum Gasteiger partial charge on any atom is -0.459 e. The number of rotatable bonds is 11. The third-order valence-corrected chi connectivity index (χ3v) is 5.16. The van der Waals surface area contributed by atoms with Gasteiger partial charge in [-0.15, -0.1) is 0 Å². The molecule has 0 radical (unpaired) electrons. The van der Waals surface area contributed by atoms with Gasteiger partial charge in [-0.1, -0.05) is 62.2 Å². The molecule has 1 aromatic carbocycles. The maximum Gasteiger partial charge on any atom is 0.314 e. The quantitative estimate of drug-likeness (QED) is 0.403. The van der Waals surface area contributed by atoms with E-state index in [0.717, 1.165) is 18.4 Å². The van der Waals surface area contributed by atoms with E-state index in [1.807, 2.05) is 49.4 Å². The molecule has 0 amide bonds. The van der Waals surface area contributed by atoms with Gasteiger partial charge in [0.25, 0.3) is 0 Å². The Hall–Kier alpha value is -3.54. The summed E-state index contributed by atoms with van der Waals surface area (Å²) >= 11 is 0. The highest BCUT2D eigenvalue weighted by atomic mass is 16.5. The summed E-state index contributed by atoms with van der Waals surface area (Å²) in [4.78, 5) is 34.8. The minimum absolute atomic E-state index is 0.0481. The zero-order valence-corrected chi connectivity index (χ0v) is 18.2. The Bertz CT molecular complexity index is 965. The van der Waals surface area contributed by atoms with Crippen molar-refractivity contribution < 1.29 is 19.1 Å². The van der Waals surface area contributed by atoms with Crippen LogP contribution in [0.25, 0.3) is 0 Å². The van der Waals surface area contributed by atoms with E-state index >= 15 is 0 Å². The SMILES string of the molecule is CCCCC(C(=O)OCc1ccccn1)C(C(=O)OCc1ccccn1)c1ccccc1. The van der Waals surface area contributed by atoms with Crippen molar-refractivity contribution in [3.05, 3.63) is 96.1 Å². The predicted octanol–water partition coefficient (Wildman–Crippen LogP) is 4.85. The molecule has 0 fully saturated rings. The van der Waals surface area contributed by atoms with Gasteiger partial charge in [0.05, 0.1) is 23.2 Å². The largest absolute Gasteiger partial charge is 0.459 e. The molecule has 3 rings (SSSR count). The summed E-state index contributed by atoms with van der Waals surface area (Å²) in [5, 5.41) is 0. The van der Waals surface area contributed by atoms with Gasteiger partial charge in [0.2, 0.25) is 0 Å². The molecule has 166 valence electrons. The zero-order chi connectivity index (χ0) is 22.6. The van der Waals surface area contributed by atoms with E-state index in [1.54, 1.807) is 36.7 Å². The van der Waals surface area contributed by atoms with Crippen molar-refractivity contribution in [3.63, 3.8) is 0 Å². The number of unbranched alkanes of at least 4 members (excludes halogenated alkanes) is 1. The zero-order valence-electron chi connectivity index (χ0n) is 18.2. The summed E-state index contributed by atoms with van der Waals surface area (Å²) in [6, 6.07) is 20.1. The van der Waals surface area contributed by atoms with E-state index in [9.17, 15) is 9.59 Å². The first-order valence-electron chi connectivity index (χ1n) is 10.9. The topological polar surface area (TPSA) is 78.4 Å². The minimum atomic E-state index is -0.761. The highest BCUT2D eigenvalue weighted by molar-refractivity contribution is 5.86. The molecule has 0 aliphatic carbocycles. The molecule has 0 N–H and O–H groups in total. The summed E-state index contributed by atoms with van der Waals surface area (Å²) in [6.45, 7) is 2.16. The summed E-state index contributed by atoms with van der Waals surface area (Å²) in [5.74, 6) is -2.30. The molecule has 6 heteroatoms. The lowest BCUT2D eigenvalue weighted by Crippen LogP contribution is -2.31. The number of carbonyl (C=O) groups is 2. The average Bonchev–Trinajstić information content (AvgIpc) is 2.85. The Morgan fingerprint density at radius 2 is 1.34 bits per heavy atom. The molecular formula is C26H28N2O4.